The molecule has 0 unspecified atom stereocenters. The summed E-state index contributed by atoms with van der Waals surface area (Å²) < 4.78 is 1.73. The minimum absolute atomic E-state index is 0.127. The van der Waals surface area contributed by atoms with Gasteiger partial charge in [-0.1, -0.05) is 48.5 Å². The molecule has 6 rings (SSSR count). The number of ketones is 1. The number of carbonyl (C=O) groups excluding carboxylic acids is 2. The highest BCUT2D eigenvalue weighted by Crippen LogP contribution is 2.39. The van der Waals surface area contributed by atoms with Crippen LogP contribution in [0.25, 0.3) is 11.3 Å². The molecule has 0 fully saturated rings. The van der Waals surface area contributed by atoms with Gasteiger partial charge in [0.1, 0.15) is 5.82 Å². The summed E-state index contributed by atoms with van der Waals surface area (Å²) in [6.45, 7) is 0.579. The van der Waals surface area contributed by atoms with Crippen molar-refractivity contribution in [3.63, 3.8) is 0 Å². The molecular weight excluding hydrogens is 476 g/mol. The highest BCUT2D eigenvalue weighted by Gasteiger charge is 2.27. The Morgan fingerprint density at radius 2 is 1.79 bits per heavy atom. The van der Waals surface area contributed by atoms with E-state index in [9.17, 15) is 9.59 Å². The number of nitrogens with one attached hydrogen (secondary N) is 3. The number of hydrogen-bond donors (Lipinski definition) is 3. The van der Waals surface area contributed by atoms with Gasteiger partial charge in [-0.15, -0.1) is 0 Å². The topological polar surface area (TPSA) is 105 Å². The van der Waals surface area contributed by atoms with E-state index >= 15 is 0 Å². The number of rotatable bonds is 7. The number of pyridine rings is 1. The molecule has 3 aromatic heterocycles. The summed E-state index contributed by atoms with van der Waals surface area (Å²) in [6, 6.07) is 23.4. The normalized spacial score (nSPS) is 12.7. The Hall–Kier alpha value is -4.98. The van der Waals surface area contributed by atoms with Crippen molar-refractivity contribution in [3.05, 3.63) is 114 Å². The van der Waals surface area contributed by atoms with Crippen LogP contribution >= 0.6 is 0 Å². The number of H-pyrrole nitrogens is 1. The molecule has 1 aliphatic carbocycles. The lowest BCUT2D eigenvalue weighted by Crippen LogP contribution is -2.12. The van der Waals surface area contributed by atoms with Crippen molar-refractivity contribution in [2.24, 2.45) is 0 Å². The van der Waals surface area contributed by atoms with E-state index in [-0.39, 0.29) is 11.7 Å². The molecule has 0 aliphatic heterocycles. The molecule has 0 radical (unpaired) electrons. The summed E-state index contributed by atoms with van der Waals surface area (Å²) in [5.74, 6) is 0.243. The van der Waals surface area contributed by atoms with Gasteiger partial charge >= 0.3 is 0 Å². The SMILES string of the molecule is O=C(Nc1cc(-c2[nH]c3c(c2Nc2ccccc2)C(=O)CCC3)ccn1)c1cnn(Cc2ccccc2)c1. The zero-order valence-electron chi connectivity index (χ0n) is 20.6. The van der Waals surface area contributed by atoms with Crippen LogP contribution in [-0.2, 0) is 13.0 Å². The minimum Gasteiger partial charge on any atom is -0.356 e. The van der Waals surface area contributed by atoms with Gasteiger partial charge in [-0.05, 0) is 42.7 Å². The second-order valence-corrected chi connectivity index (χ2v) is 9.29. The number of nitrogens with zero attached hydrogens (tertiary/aromatic N) is 3. The number of anilines is 3. The first-order chi connectivity index (χ1) is 18.6. The molecule has 1 aliphatic rings. The second kappa shape index (κ2) is 10.2. The van der Waals surface area contributed by atoms with Crippen molar-refractivity contribution in [2.45, 2.75) is 25.8 Å². The van der Waals surface area contributed by atoms with E-state index in [1.807, 2.05) is 72.8 Å². The average Bonchev–Trinajstić information content (AvgIpc) is 3.56. The molecule has 0 saturated carbocycles. The number of fused-ring (bicyclic) bond motifs is 1. The molecule has 2 aromatic carbocycles. The van der Waals surface area contributed by atoms with Gasteiger partial charge in [-0.3, -0.25) is 14.3 Å². The van der Waals surface area contributed by atoms with Crippen molar-refractivity contribution in [1.82, 2.24) is 19.7 Å². The number of amides is 1. The summed E-state index contributed by atoms with van der Waals surface area (Å²) in [6.07, 6.45) is 7.09. The van der Waals surface area contributed by atoms with Gasteiger partial charge in [0.05, 0.1) is 35.2 Å². The second-order valence-electron chi connectivity index (χ2n) is 9.29. The van der Waals surface area contributed by atoms with Crippen molar-refractivity contribution < 1.29 is 9.59 Å². The molecule has 3 N–H and O–H groups in total. The highest BCUT2D eigenvalue weighted by molar-refractivity contribution is 6.07. The largest absolute Gasteiger partial charge is 0.356 e. The number of Topliss-reactive ketones (excluding diaryl/α,β-unsaturated/α-hetero) is 1. The van der Waals surface area contributed by atoms with Crippen LogP contribution in [0, 0.1) is 0 Å². The number of carbonyl (C=O) groups is 2. The van der Waals surface area contributed by atoms with Gasteiger partial charge in [-0.2, -0.15) is 5.10 Å². The number of aromatic nitrogens is 4. The lowest BCUT2D eigenvalue weighted by molar-refractivity contribution is 0.0972. The number of hydrogen-bond acceptors (Lipinski definition) is 5. The first-order valence-electron chi connectivity index (χ1n) is 12.6. The van der Waals surface area contributed by atoms with E-state index < -0.39 is 0 Å². The fourth-order valence-corrected chi connectivity index (χ4v) is 4.79. The summed E-state index contributed by atoms with van der Waals surface area (Å²) in [5.41, 5.74) is 6.44. The predicted octanol–water partition coefficient (Wildman–Crippen LogP) is 5.84. The maximum Gasteiger partial charge on any atom is 0.260 e. The van der Waals surface area contributed by atoms with Crippen LogP contribution in [0.4, 0.5) is 17.2 Å². The van der Waals surface area contributed by atoms with Crippen molar-refractivity contribution in [2.75, 3.05) is 10.6 Å². The fraction of sp³-hybridized carbons (Fsp3) is 0.133. The van der Waals surface area contributed by atoms with Gasteiger partial charge in [0.2, 0.25) is 0 Å². The zero-order valence-corrected chi connectivity index (χ0v) is 20.6. The van der Waals surface area contributed by atoms with Crippen LogP contribution < -0.4 is 10.6 Å². The Balaban J connectivity index is 1.26. The van der Waals surface area contributed by atoms with Gasteiger partial charge in [-0.25, -0.2) is 4.98 Å². The number of aromatic amines is 1. The van der Waals surface area contributed by atoms with E-state index in [0.29, 0.717) is 29.9 Å². The molecule has 8 heteroatoms. The van der Waals surface area contributed by atoms with Crippen LogP contribution in [-0.4, -0.2) is 31.4 Å². The van der Waals surface area contributed by atoms with E-state index in [1.54, 1.807) is 23.3 Å². The lowest BCUT2D eigenvalue weighted by atomic mass is 9.95. The number of aryl methyl sites for hydroxylation is 1. The van der Waals surface area contributed by atoms with Crippen LogP contribution in [0.5, 0.6) is 0 Å². The van der Waals surface area contributed by atoms with Gasteiger partial charge < -0.3 is 15.6 Å². The number of benzene rings is 2. The maximum absolute atomic E-state index is 13.0. The molecule has 0 spiro atoms. The molecule has 188 valence electrons. The molecule has 3 heterocycles. The Kier molecular flexibility index (Phi) is 6.27. The summed E-state index contributed by atoms with van der Waals surface area (Å²) in [7, 11) is 0. The van der Waals surface area contributed by atoms with Gasteiger partial charge in [0.25, 0.3) is 5.91 Å². The van der Waals surface area contributed by atoms with Gasteiger partial charge in [0.15, 0.2) is 5.78 Å². The minimum atomic E-state index is -0.294. The Morgan fingerprint density at radius 3 is 2.61 bits per heavy atom. The third kappa shape index (κ3) is 4.84. The Morgan fingerprint density at radius 1 is 1.00 bits per heavy atom. The van der Waals surface area contributed by atoms with E-state index in [2.05, 4.69) is 25.7 Å². The van der Waals surface area contributed by atoms with Crippen molar-refractivity contribution >= 4 is 28.9 Å². The summed E-state index contributed by atoms with van der Waals surface area (Å²) in [4.78, 5) is 33.7. The first kappa shape index (κ1) is 23.4. The maximum atomic E-state index is 13.0. The smallest absolute Gasteiger partial charge is 0.260 e. The van der Waals surface area contributed by atoms with Crippen molar-refractivity contribution in [1.29, 1.82) is 0 Å². The Labute approximate surface area is 219 Å². The van der Waals surface area contributed by atoms with Crippen molar-refractivity contribution in [3.8, 4) is 11.3 Å². The Bertz CT molecular complexity index is 1600. The van der Waals surface area contributed by atoms with Crippen LogP contribution in [0.3, 0.4) is 0 Å². The molecule has 8 nitrogen and oxygen atoms in total. The monoisotopic (exact) mass is 502 g/mol. The van der Waals surface area contributed by atoms with E-state index in [1.165, 1.54) is 0 Å². The number of para-hydroxylation sites is 1. The molecule has 0 atom stereocenters. The fourth-order valence-electron chi connectivity index (χ4n) is 4.79. The third-order valence-corrected chi connectivity index (χ3v) is 6.60. The first-order valence-corrected chi connectivity index (χ1v) is 12.6. The van der Waals surface area contributed by atoms with Crippen LogP contribution in [0.2, 0.25) is 0 Å². The molecule has 5 aromatic rings. The van der Waals surface area contributed by atoms with Crippen LogP contribution in [0.1, 0.15) is 44.8 Å². The standard InChI is InChI=1S/C30H26N6O2/c37-25-13-7-12-24-27(25)29(33-23-10-5-2-6-11-23)28(34-24)21-14-15-31-26(16-21)35-30(38)22-17-32-36(19-22)18-20-8-3-1-4-9-20/h1-6,8-11,14-17,19,33-34H,7,12-13,18H2,(H,31,35,38). The van der Waals surface area contributed by atoms with E-state index in [0.717, 1.165) is 46.7 Å². The molecule has 38 heavy (non-hydrogen) atoms. The quantitative estimate of drug-likeness (QED) is 0.259. The lowest BCUT2D eigenvalue weighted by Gasteiger charge is -2.14. The predicted molar refractivity (Wildman–Crippen MR) is 147 cm³/mol. The van der Waals surface area contributed by atoms with Gasteiger partial charge in [0, 0.05) is 35.8 Å². The van der Waals surface area contributed by atoms with E-state index in [4.69, 9.17) is 0 Å². The highest BCUT2D eigenvalue weighted by atomic mass is 16.1. The molecule has 0 bridgehead atoms. The zero-order chi connectivity index (χ0) is 25.9. The molecule has 0 saturated heterocycles. The summed E-state index contributed by atoms with van der Waals surface area (Å²) >= 11 is 0. The molecular formula is C30H26N6O2. The average molecular weight is 503 g/mol. The third-order valence-electron chi connectivity index (χ3n) is 6.60. The molecule has 1 amide bonds. The van der Waals surface area contributed by atoms with Crippen LogP contribution in [0.15, 0.2) is 91.4 Å². The summed E-state index contributed by atoms with van der Waals surface area (Å²) in [5, 5.41) is 10.7.